The van der Waals surface area contributed by atoms with E-state index >= 15 is 0 Å². The van der Waals surface area contributed by atoms with E-state index in [1.165, 1.54) is 20.2 Å². The largest absolute Gasteiger partial charge is 0.503 e. The lowest BCUT2D eigenvalue weighted by atomic mass is 9.94. The summed E-state index contributed by atoms with van der Waals surface area (Å²) >= 11 is 6.28. The van der Waals surface area contributed by atoms with Gasteiger partial charge in [0.25, 0.3) is 0 Å². The standard InChI is InChI=1S/C22H17ClN2O5/c1-13(26)30-25-21(20-17-10-6-4-8-15(17)19(23)11-24-20)16-9-5-3-7-14(16)18(12-29-2)22(27)28/h3-12H,1-2H3,(H,27,28). The normalized spacial score (nSPS) is 12.0. The van der Waals surface area contributed by atoms with E-state index in [4.69, 9.17) is 21.2 Å². The van der Waals surface area contributed by atoms with Crippen LogP contribution in [-0.2, 0) is 19.2 Å². The summed E-state index contributed by atoms with van der Waals surface area (Å²) in [6.07, 6.45) is 2.59. The fourth-order valence-corrected chi connectivity index (χ4v) is 3.16. The number of carbonyl (C=O) groups excluding carboxylic acids is 1. The zero-order valence-corrected chi connectivity index (χ0v) is 16.9. The summed E-state index contributed by atoms with van der Waals surface area (Å²) in [5, 5.41) is 15.5. The minimum atomic E-state index is -1.19. The quantitative estimate of drug-likeness (QED) is 0.208. The molecule has 0 unspecified atom stereocenters. The molecule has 0 aliphatic heterocycles. The molecule has 0 amide bonds. The lowest BCUT2D eigenvalue weighted by Crippen LogP contribution is -2.13. The molecule has 1 heterocycles. The molecule has 0 radical (unpaired) electrons. The number of aromatic nitrogens is 1. The third-order valence-corrected chi connectivity index (χ3v) is 4.48. The lowest BCUT2D eigenvalue weighted by Gasteiger charge is -2.14. The van der Waals surface area contributed by atoms with Crippen molar-refractivity contribution in [2.24, 2.45) is 5.16 Å². The Hall–Kier alpha value is -3.71. The number of fused-ring (bicyclic) bond motifs is 1. The molecule has 0 saturated carbocycles. The highest BCUT2D eigenvalue weighted by molar-refractivity contribution is 6.36. The van der Waals surface area contributed by atoms with Crippen LogP contribution in [0.15, 0.2) is 66.1 Å². The molecule has 8 heteroatoms. The van der Waals surface area contributed by atoms with Crippen LogP contribution in [0.1, 0.15) is 23.7 Å². The van der Waals surface area contributed by atoms with E-state index in [-0.39, 0.29) is 11.3 Å². The Bertz CT molecular complexity index is 1190. The number of carbonyl (C=O) groups is 2. The van der Waals surface area contributed by atoms with Gasteiger partial charge in [-0.2, -0.15) is 0 Å². The first kappa shape index (κ1) is 21.0. The Morgan fingerprint density at radius 1 is 1.07 bits per heavy atom. The maximum absolute atomic E-state index is 11.8. The van der Waals surface area contributed by atoms with Crippen molar-refractivity contribution < 1.29 is 24.3 Å². The molecule has 0 fully saturated rings. The maximum atomic E-state index is 11.8. The predicted octanol–water partition coefficient (Wildman–Crippen LogP) is 4.28. The molecular weight excluding hydrogens is 408 g/mol. The molecule has 1 aromatic heterocycles. The number of oxime groups is 1. The number of methoxy groups -OCH3 is 1. The SMILES string of the molecule is COC=C(C(=O)O)c1ccccc1C(=NOC(C)=O)c1ncc(Cl)c2ccccc12. The summed E-state index contributed by atoms with van der Waals surface area (Å²) in [5.41, 5.74) is 1.17. The monoisotopic (exact) mass is 424 g/mol. The second-order valence-corrected chi connectivity index (χ2v) is 6.55. The number of hydrogen-bond donors (Lipinski definition) is 1. The summed E-state index contributed by atoms with van der Waals surface area (Å²) in [4.78, 5) is 32.6. The predicted molar refractivity (Wildman–Crippen MR) is 113 cm³/mol. The van der Waals surface area contributed by atoms with Crippen molar-refractivity contribution in [3.63, 3.8) is 0 Å². The second-order valence-electron chi connectivity index (χ2n) is 6.14. The average molecular weight is 425 g/mol. The molecule has 2 aromatic carbocycles. The number of carboxylic acids is 1. The molecule has 0 saturated heterocycles. The molecule has 30 heavy (non-hydrogen) atoms. The van der Waals surface area contributed by atoms with Crippen LogP contribution in [0.4, 0.5) is 0 Å². The summed E-state index contributed by atoms with van der Waals surface area (Å²) in [5.74, 6) is -1.82. The van der Waals surface area contributed by atoms with Crippen molar-refractivity contribution in [1.82, 2.24) is 4.98 Å². The van der Waals surface area contributed by atoms with E-state index in [1.807, 2.05) is 18.2 Å². The molecule has 3 aromatic rings. The average Bonchev–Trinajstić information content (AvgIpc) is 2.74. The van der Waals surface area contributed by atoms with Gasteiger partial charge in [0.05, 0.1) is 18.4 Å². The van der Waals surface area contributed by atoms with E-state index in [2.05, 4.69) is 10.1 Å². The van der Waals surface area contributed by atoms with Crippen LogP contribution < -0.4 is 0 Å². The van der Waals surface area contributed by atoms with E-state index in [0.29, 0.717) is 27.2 Å². The minimum absolute atomic E-state index is 0.0955. The number of rotatable bonds is 6. The summed E-state index contributed by atoms with van der Waals surface area (Å²) in [7, 11) is 1.35. The van der Waals surface area contributed by atoms with Gasteiger partial charge < -0.3 is 14.7 Å². The van der Waals surface area contributed by atoms with Gasteiger partial charge in [0.1, 0.15) is 17.0 Å². The Balaban J connectivity index is 2.33. The molecule has 0 aliphatic rings. The van der Waals surface area contributed by atoms with Crippen LogP contribution >= 0.6 is 11.6 Å². The fraction of sp³-hybridized carbons (Fsp3) is 0.0909. The number of pyridine rings is 1. The number of ether oxygens (including phenoxy) is 1. The van der Waals surface area contributed by atoms with E-state index < -0.39 is 11.9 Å². The first-order valence-electron chi connectivity index (χ1n) is 8.79. The van der Waals surface area contributed by atoms with Gasteiger partial charge in [0, 0.05) is 35.0 Å². The lowest BCUT2D eigenvalue weighted by molar-refractivity contribution is -0.141. The van der Waals surface area contributed by atoms with Crippen molar-refractivity contribution >= 4 is 45.6 Å². The summed E-state index contributed by atoms with van der Waals surface area (Å²) in [6.45, 7) is 1.22. The summed E-state index contributed by atoms with van der Waals surface area (Å²) < 4.78 is 4.94. The second kappa shape index (κ2) is 9.19. The van der Waals surface area contributed by atoms with Gasteiger partial charge in [-0.3, -0.25) is 4.98 Å². The van der Waals surface area contributed by atoms with Gasteiger partial charge in [-0.1, -0.05) is 65.3 Å². The van der Waals surface area contributed by atoms with Gasteiger partial charge in [0.15, 0.2) is 0 Å². The van der Waals surface area contributed by atoms with Crippen molar-refractivity contribution in [3.05, 3.63) is 82.8 Å². The summed E-state index contributed by atoms with van der Waals surface area (Å²) in [6, 6.07) is 13.9. The third kappa shape index (κ3) is 4.31. The molecule has 0 spiro atoms. The Labute approximate surface area is 177 Å². The van der Waals surface area contributed by atoms with Crippen molar-refractivity contribution in [3.8, 4) is 0 Å². The Morgan fingerprint density at radius 2 is 1.70 bits per heavy atom. The van der Waals surface area contributed by atoms with Gasteiger partial charge in [-0.25, -0.2) is 9.59 Å². The first-order chi connectivity index (χ1) is 14.4. The maximum Gasteiger partial charge on any atom is 0.339 e. The van der Waals surface area contributed by atoms with Crippen LogP contribution in [0, 0.1) is 0 Å². The van der Waals surface area contributed by atoms with Crippen LogP contribution in [0.2, 0.25) is 5.02 Å². The molecule has 152 valence electrons. The number of nitrogens with zero attached hydrogens (tertiary/aromatic N) is 2. The van der Waals surface area contributed by atoms with Gasteiger partial charge in [-0.05, 0) is 0 Å². The molecule has 7 nitrogen and oxygen atoms in total. The van der Waals surface area contributed by atoms with Gasteiger partial charge in [-0.15, -0.1) is 0 Å². The third-order valence-electron chi connectivity index (χ3n) is 4.17. The molecule has 0 aliphatic carbocycles. The first-order valence-corrected chi connectivity index (χ1v) is 9.17. The van der Waals surface area contributed by atoms with Crippen molar-refractivity contribution in [1.29, 1.82) is 0 Å². The molecule has 0 atom stereocenters. The molecule has 0 bridgehead atoms. The van der Waals surface area contributed by atoms with E-state index in [1.54, 1.807) is 30.3 Å². The zero-order valence-electron chi connectivity index (χ0n) is 16.1. The highest BCUT2D eigenvalue weighted by atomic mass is 35.5. The van der Waals surface area contributed by atoms with Crippen LogP contribution in [0.3, 0.4) is 0 Å². The minimum Gasteiger partial charge on any atom is -0.503 e. The van der Waals surface area contributed by atoms with Gasteiger partial charge in [0.2, 0.25) is 0 Å². The number of hydrogen-bond acceptors (Lipinski definition) is 6. The smallest absolute Gasteiger partial charge is 0.339 e. The Morgan fingerprint density at radius 3 is 2.33 bits per heavy atom. The number of aliphatic carboxylic acids is 1. The molecule has 3 rings (SSSR count). The van der Waals surface area contributed by atoms with Crippen molar-refractivity contribution in [2.75, 3.05) is 7.11 Å². The Kier molecular flexibility index (Phi) is 6.44. The topological polar surface area (TPSA) is 98.1 Å². The number of carboxylic acid groups (broad SMARTS) is 1. The van der Waals surface area contributed by atoms with Crippen LogP contribution in [0.25, 0.3) is 16.3 Å². The zero-order chi connectivity index (χ0) is 21.7. The van der Waals surface area contributed by atoms with Gasteiger partial charge >= 0.3 is 11.9 Å². The van der Waals surface area contributed by atoms with Crippen molar-refractivity contribution in [2.45, 2.75) is 6.92 Å². The molecular formula is C22H17ClN2O5. The fourth-order valence-electron chi connectivity index (χ4n) is 2.95. The van der Waals surface area contributed by atoms with Crippen LogP contribution in [0.5, 0.6) is 0 Å². The van der Waals surface area contributed by atoms with E-state index in [9.17, 15) is 14.7 Å². The molecule has 1 N–H and O–H groups in total. The highest BCUT2D eigenvalue weighted by Gasteiger charge is 2.22. The van der Waals surface area contributed by atoms with E-state index in [0.717, 1.165) is 11.6 Å². The number of benzene rings is 2. The van der Waals surface area contributed by atoms with Crippen LogP contribution in [-0.4, -0.2) is 34.9 Å². The highest BCUT2D eigenvalue weighted by Crippen LogP contribution is 2.29. The number of halogens is 1.